The summed E-state index contributed by atoms with van der Waals surface area (Å²) in [4.78, 5) is 6.91. The fourth-order valence-electron chi connectivity index (χ4n) is 3.59. The predicted molar refractivity (Wildman–Crippen MR) is 119 cm³/mol. The molecule has 2 fully saturated rings. The molecule has 0 aromatic heterocycles. The van der Waals surface area contributed by atoms with E-state index in [1.807, 2.05) is 13.1 Å². The molecule has 1 aromatic rings. The summed E-state index contributed by atoms with van der Waals surface area (Å²) in [6, 6.07) is 8.94. The Bertz CT molecular complexity index is 577. The molecule has 1 saturated heterocycles. The Morgan fingerprint density at radius 1 is 1.19 bits per heavy atom. The van der Waals surface area contributed by atoms with Gasteiger partial charge in [-0.15, -0.1) is 24.0 Å². The van der Waals surface area contributed by atoms with E-state index in [1.54, 1.807) is 0 Å². The number of rotatable bonds is 7. The molecule has 2 N–H and O–H groups in total. The second-order valence-electron chi connectivity index (χ2n) is 7.01. The van der Waals surface area contributed by atoms with Gasteiger partial charge >= 0.3 is 0 Å². The third kappa shape index (κ3) is 5.74. The minimum Gasteiger partial charge on any atom is -0.490 e. The van der Waals surface area contributed by atoms with Gasteiger partial charge in [0.1, 0.15) is 5.75 Å². The maximum atomic E-state index is 6.11. The highest BCUT2D eigenvalue weighted by atomic mass is 127. The number of likely N-dealkylation sites (tertiary alicyclic amines) is 1. The van der Waals surface area contributed by atoms with Crippen LogP contribution in [0.2, 0.25) is 0 Å². The highest BCUT2D eigenvalue weighted by molar-refractivity contribution is 14.0. The van der Waals surface area contributed by atoms with Gasteiger partial charge in [0.05, 0.1) is 6.10 Å². The van der Waals surface area contributed by atoms with E-state index in [2.05, 4.69) is 45.6 Å². The number of ether oxygens (including phenoxy) is 1. The van der Waals surface area contributed by atoms with Crippen LogP contribution in [0.1, 0.15) is 44.6 Å². The lowest BCUT2D eigenvalue weighted by molar-refractivity contribution is 0.119. The number of nitrogens with zero attached hydrogens (tertiary/aromatic N) is 2. The molecule has 1 unspecified atom stereocenters. The van der Waals surface area contributed by atoms with Crippen molar-refractivity contribution in [3.63, 3.8) is 0 Å². The summed E-state index contributed by atoms with van der Waals surface area (Å²) < 4.78 is 6.11. The first-order valence-corrected chi connectivity index (χ1v) is 9.73. The van der Waals surface area contributed by atoms with Gasteiger partial charge in [-0.2, -0.15) is 0 Å². The standard InChI is InChI=1S/C20H32N4O.HI/c1-3-24-13-7-9-17(24)15-23-20(21-2)22-14-16-8-4-5-12-19(16)25-18-10-6-11-18;/h4-5,8,12,17-18H,3,6-7,9-11,13-15H2,1-2H3,(H2,21,22,23);1H. The number of halogens is 1. The maximum absolute atomic E-state index is 6.11. The van der Waals surface area contributed by atoms with Gasteiger partial charge in [-0.1, -0.05) is 25.1 Å². The molecule has 0 spiro atoms. The molecule has 6 heteroatoms. The Kier molecular flexibility index (Phi) is 8.98. The summed E-state index contributed by atoms with van der Waals surface area (Å²) in [6.07, 6.45) is 6.63. The highest BCUT2D eigenvalue weighted by Gasteiger charge is 2.23. The average Bonchev–Trinajstić information content (AvgIpc) is 3.06. The Labute approximate surface area is 175 Å². The zero-order valence-electron chi connectivity index (χ0n) is 16.0. The molecule has 2 aliphatic rings. The Balaban J connectivity index is 0.00000243. The monoisotopic (exact) mass is 472 g/mol. The van der Waals surface area contributed by atoms with Crippen LogP contribution in [-0.4, -0.2) is 49.7 Å². The minimum absolute atomic E-state index is 0. The highest BCUT2D eigenvalue weighted by Crippen LogP contribution is 2.27. The van der Waals surface area contributed by atoms with E-state index in [4.69, 9.17) is 4.74 Å². The number of aliphatic imine (C=N–C) groups is 1. The molecule has 1 aliphatic carbocycles. The summed E-state index contributed by atoms with van der Waals surface area (Å²) in [5.74, 6) is 1.87. The second kappa shape index (κ2) is 11.0. The molecular weight excluding hydrogens is 439 g/mol. The minimum atomic E-state index is 0. The number of hydrogen-bond donors (Lipinski definition) is 2. The second-order valence-corrected chi connectivity index (χ2v) is 7.01. The number of likely N-dealkylation sites (N-methyl/N-ethyl adjacent to an activating group) is 1. The SMILES string of the molecule is CCN1CCCC1CNC(=NC)NCc1ccccc1OC1CCC1.I. The lowest BCUT2D eigenvalue weighted by atomic mass is 9.96. The van der Waals surface area contributed by atoms with Crippen molar-refractivity contribution >= 4 is 29.9 Å². The fourth-order valence-corrected chi connectivity index (χ4v) is 3.59. The smallest absolute Gasteiger partial charge is 0.191 e. The lowest BCUT2D eigenvalue weighted by Gasteiger charge is -2.27. The summed E-state index contributed by atoms with van der Waals surface area (Å²) in [7, 11) is 1.83. The van der Waals surface area contributed by atoms with Gasteiger partial charge in [0.15, 0.2) is 5.96 Å². The van der Waals surface area contributed by atoms with Crippen molar-refractivity contribution in [3.8, 4) is 5.75 Å². The lowest BCUT2D eigenvalue weighted by Crippen LogP contribution is -2.44. The van der Waals surface area contributed by atoms with E-state index >= 15 is 0 Å². The van der Waals surface area contributed by atoms with E-state index in [1.165, 1.54) is 44.2 Å². The van der Waals surface area contributed by atoms with Crippen LogP contribution in [0.25, 0.3) is 0 Å². The average molecular weight is 472 g/mol. The zero-order chi connectivity index (χ0) is 17.5. The molecule has 3 rings (SSSR count). The summed E-state index contributed by atoms with van der Waals surface area (Å²) in [5.41, 5.74) is 1.19. The van der Waals surface area contributed by atoms with Crippen molar-refractivity contribution in [3.05, 3.63) is 29.8 Å². The largest absolute Gasteiger partial charge is 0.490 e. The molecule has 0 radical (unpaired) electrons. The third-order valence-electron chi connectivity index (χ3n) is 5.40. The fraction of sp³-hybridized carbons (Fsp3) is 0.650. The molecule has 26 heavy (non-hydrogen) atoms. The molecular formula is C20H33IN4O. The van der Waals surface area contributed by atoms with Crippen molar-refractivity contribution < 1.29 is 4.74 Å². The van der Waals surface area contributed by atoms with Crippen molar-refractivity contribution in [2.75, 3.05) is 26.7 Å². The number of guanidine groups is 1. The first-order valence-electron chi connectivity index (χ1n) is 9.73. The number of para-hydroxylation sites is 1. The predicted octanol–water partition coefficient (Wildman–Crippen LogP) is 3.39. The van der Waals surface area contributed by atoms with Gasteiger partial charge in [0.25, 0.3) is 0 Å². The first-order chi connectivity index (χ1) is 12.3. The summed E-state index contributed by atoms with van der Waals surface area (Å²) >= 11 is 0. The quantitative estimate of drug-likeness (QED) is 0.363. The van der Waals surface area contributed by atoms with Crippen molar-refractivity contribution in [1.82, 2.24) is 15.5 Å². The van der Waals surface area contributed by atoms with Gasteiger partial charge in [-0.25, -0.2) is 0 Å². The van der Waals surface area contributed by atoms with Gasteiger partial charge in [0.2, 0.25) is 0 Å². The van der Waals surface area contributed by atoms with Crippen LogP contribution in [0, 0.1) is 0 Å². The van der Waals surface area contributed by atoms with Crippen LogP contribution in [0.5, 0.6) is 5.75 Å². The third-order valence-corrected chi connectivity index (χ3v) is 5.40. The van der Waals surface area contributed by atoms with Crippen LogP contribution in [-0.2, 0) is 6.54 Å². The Hall–Kier alpha value is -1.02. The number of hydrogen-bond acceptors (Lipinski definition) is 3. The van der Waals surface area contributed by atoms with Crippen LogP contribution < -0.4 is 15.4 Å². The van der Waals surface area contributed by atoms with E-state index in [0.717, 1.165) is 31.3 Å². The van der Waals surface area contributed by atoms with Gasteiger partial charge in [-0.3, -0.25) is 9.89 Å². The van der Waals surface area contributed by atoms with Crippen LogP contribution in [0.4, 0.5) is 0 Å². The van der Waals surface area contributed by atoms with Gasteiger partial charge < -0.3 is 15.4 Å². The maximum Gasteiger partial charge on any atom is 0.191 e. The van der Waals surface area contributed by atoms with Crippen molar-refractivity contribution in [2.24, 2.45) is 4.99 Å². The Morgan fingerprint density at radius 3 is 2.69 bits per heavy atom. The van der Waals surface area contributed by atoms with E-state index in [-0.39, 0.29) is 24.0 Å². The normalized spacial score (nSPS) is 21.0. The van der Waals surface area contributed by atoms with Gasteiger partial charge in [-0.05, 0) is 51.3 Å². The van der Waals surface area contributed by atoms with E-state index in [0.29, 0.717) is 12.1 Å². The summed E-state index contributed by atoms with van der Waals surface area (Å²) in [6.45, 7) is 6.27. The number of nitrogens with one attached hydrogen (secondary N) is 2. The molecule has 1 saturated carbocycles. The molecule has 1 heterocycles. The number of benzene rings is 1. The molecule has 0 amide bonds. The van der Waals surface area contributed by atoms with Crippen molar-refractivity contribution in [1.29, 1.82) is 0 Å². The van der Waals surface area contributed by atoms with Crippen LogP contribution in [0.3, 0.4) is 0 Å². The van der Waals surface area contributed by atoms with Gasteiger partial charge in [0, 0.05) is 31.7 Å². The topological polar surface area (TPSA) is 48.9 Å². The first kappa shape index (κ1) is 21.3. The van der Waals surface area contributed by atoms with Crippen LogP contribution in [0.15, 0.2) is 29.3 Å². The molecule has 146 valence electrons. The Morgan fingerprint density at radius 2 is 2.00 bits per heavy atom. The molecule has 1 aromatic carbocycles. The van der Waals surface area contributed by atoms with E-state index in [9.17, 15) is 0 Å². The van der Waals surface area contributed by atoms with E-state index < -0.39 is 0 Å². The molecule has 1 aliphatic heterocycles. The van der Waals surface area contributed by atoms with Crippen LogP contribution >= 0.6 is 24.0 Å². The molecule has 1 atom stereocenters. The molecule has 5 nitrogen and oxygen atoms in total. The summed E-state index contributed by atoms with van der Waals surface area (Å²) in [5, 5.41) is 6.92. The zero-order valence-corrected chi connectivity index (χ0v) is 18.4. The van der Waals surface area contributed by atoms with Crippen molar-refractivity contribution in [2.45, 2.75) is 57.7 Å². The molecule has 0 bridgehead atoms.